The van der Waals surface area contributed by atoms with E-state index < -0.39 is 0 Å². The molecule has 0 aromatic carbocycles. The van der Waals surface area contributed by atoms with Gasteiger partial charge in [-0.15, -0.1) is 0 Å². The monoisotopic (exact) mass is 293 g/mol. The van der Waals surface area contributed by atoms with Crippen molar-refractivity contribution in [2.45, 2.75) is 39.3 Å². The van der Waals surface area contributed by atoms with Crippen LogP contribution in [0.15, 0.2) is 12.4 Å². The Hall–Kier alpha value is -2.05. The van der Waals surface area contributed by atoms with E-state index in [1.165, 1.54) is 6.20 Å². The summed E-state index contributed by atoms with van der Waals surface area (Å²) >= 11 is 0. The Balaban J connectivity index is 1.78. The molecule has 21 heavy (non-hydrogen) atoms. The van der Waals surface area contributed by atoms with Crippen molar-refractivity contribution >= 4 is 17.5 Å². The molecule has 116 valence electrons. The molecule has 0 bridgehead atoms. The van der Waals surface area contributed by atoms with Crippen molar-refractivity contribution in [3.63, 3.8) is 0 Å². The van der Waals surface area contributed by atoms with Crippen LogP contribution in [0, 0.1) is 5.92 Å². The number of likely N-dealkylation sites (tertiary alicyclic amines) is 1. The molecule has 0 spiro atoms. The van der Waals surface area contributed by atoms with Crippen LogP contribution in [-0.2, 0) is 16.1 Å². The van der Waals surface area contributed by atoms with Gasteiger partial charge in [-0.2, -0.15) is 5.10 Å². The zero-order valence-corrected chi connectivity index (χ0v) is 12.6. The fourth-order valence-electron chi connectivity index (χ4n) is 2.35. The highest BCUT2D eigenvalue weighted by atomic mass is 16.2. The molecule has 1 aliphatic rings. The second-order valence-corrected chi connectivity index (χ2v) is 5.79. The smallest absolute Gasteiger partial charge is 0.244 e. The second-order valence-electron chi connectivity index (χ2n) is 5.79. The first-order chi connectivity index (χ1) is 9.95. The summed E-state index contributed by atoms with van der Waals surface area (Å²) in [6, 6.07) is 0.171. The first kappa shape index (κ1) is 15.3. The van der Waals surface area contributed by atoms with Gasteiger partial charge in [-0.1, -0.05) is 13.8 Å². The van der Waals surface area contributed by atoms with E-state index in [-0.39, 0.29) is 30.3 Å². The lowest BCUT2D eigenvalue weighted by molar-refractivity contribution is -0.133. The number of nitrogen functional groups attached to an aromatic ring is 1. The molecule has 1 saturated heterocycles. The minimum absolute atomic E-state index is 0.00469. The molecule has 0 atom stereocenters. The largest absolute Gasteiger partial charge is 0.396 e. The molecule has 1 aromatic rings. The van der Waals surface area contributed by atoms with Crippen molar-refractivity contribution in [1.82, 2.24) is 20.0 Å². The Morgan fingerprint density at radius 2 is 2.10 bits per heavy atom. The number of hydrogen-bond acceptors (Lipinski definition) is 4. The normalized spacial score (nSPS) is 16.2. The Bertz CT molecular complexity index is 503. The molecule has 1 fully saturated rings. The molecule has 0 saturated carbocycles. The van der Waals surface area contributed by atoms with Gasteiger partial charge in [0.2, 0.25) is 11.8 Å². The van der Waals surface area contributed by atoms with Gasteiger partial charge in [-0.05, 0) is 12.8 Å². The lowest BCUT2D eigenvalue weighted by Crippen LogP contribution is -2.48. The maximum Gasteiger partial charge on any atom is 0.244 e. The number of hydrogen-bond donors (Lipinski definition) is 2. The van der Waals surface area contributed by atoms with Gasteiger partial charge >= 0.3 is 0 Å². The van der Waals surface area contributed by atoms with Crippen LogP contribution in [0.2, 0.25) is 0 Å². The highest BCUT2D eigenvalue weighted by Crippen LogP contribution is 2.12. The molecule has 1 aromatic heterocycles. The summed E-state index contributed by atoms with van der Waals surface area (Å²) in [5, 5.41) is 7.03. The zero-order valence-electron chi connectivity index (χ0n) is 12.6. The number of nitrogens with one attached hydrogen (secondary N) is 1. The predicted molar refractivity (Wildman–Crippen MR) is 79.2 cm³/mol. The number of amides is 2. The standard InChI is InChI=1S/C14H23N5O2/c1-10(2)14(21)17-12-3-5-18(6-4-12)13(20)9-19-8-11(15)7-16-19/h7-8,10,12H,3-6,9,15H2,1-2H3,(H,17,21). The van der Waals surface area contributed by atoms with E-state index in [0.717, 1.165) is 12.8 Å². The first-order valence-electron chi connectivity index (χ1n) is 7.32. The molecule has 1 aliphatic heterocycles. The van der Waals surface area contributed by atoms with Crippen molar-refractivity contribution in [1.29, 1.82) is 0 Å². The molecular weight excluding hydrogens is 270 g/mol. The maximum atomic E-state index is 12.2. The van der Waals surface area contributed by atoms with Crippen LogP contribution in [0.1, 0.15) is 26.7 Å². The highest BCUT2D eigenvalue weighted by molar-refractivity contribution is 5.78. The number of carbonyl (C=O) groups excluding carboxylic acids is 2. The van der Waals surface area contributed by atoms with Gasteiger partial charge in [-0.25, -0.2) is 0 Å². The van der Waals surface area contributed by atoms with Crippen LogP contribution in [0.4, 0.5) is 5.69 Å². The average molecular weight is 293 g/mol. The van der Waals surface area contributed by atoms with Gasteiger partial charge in [0.25, 0.3) is 0 Å². The van der Waals surface area contributed by atoms with Gasteiger partial charge in [-0.3, -0.25) is 14.3 Å². The van der Waals surface area contributed by atoms with E-state index in [1.54, 1.807) is 10.9 Å². The minimum Gasteiger partial charge on any atom is -0.396 e. The molecule has 0 unspecified atom stereocenters. The third kappa shape index (κ3) is 4.21. The number of carbonyl (C=O) groups is 2. The molecule has 2 amide bonds. The number of piperidine rings is 1. The number of aromatic nitrogens is 2. The topological polar surface area (TPSA) is 93.2 Å². The molecule has 0 aliphatic carbocycles. The third-order valence-electron chi connectivity index (χ3n) is 3.67. The van der Waals surface area contributed by atoms with Gasteiger partial charge < -0.3 is 16.0 Å². The summed E-state index contributed by atoms with van der Waals surface area (Å²) in [5.74, 6) is 0.105. The van der Waals surface area contributed by atoms with Crippen molar-refractivity contribution in [3.8, 4) is 0 Å². The Labute approximate surface area is 124 Å². The SMILES string of the molecule is CC(C)C(=O)NC1CCN(C(=O)Cn2cc(N)cn2)CC1. The van der Waals surface area contributed by atoms with E-state index >= 15 is 0 Å². The van der Waals surface area contributed by atoms with E-state index in [0.29, 0.717) is 18.8 Å². The fraction of sp³-hybridized carbons (Fsp3) is 0.643. The third-order valence-corrected chi connectivity index (χ3v) is 3.67. The molecule has 2 rings (SSSR count). The summed E-state index contributed by atoms with van der Waals surface area (Å²) in [4.78, 5) is 25.6. The molecule has 7 nitrogen and oxygen atoms in total. The lowest BCUT2D eigenvalue weighted by Gasteiger charge is -2.32. The second kappa shape index (κ2) is 6.60. The number of nitrogens with zero attached hydrogens (tertiary/aromatic N) is 3. The van der Waals surface area contributed by atoms with Gasteiger partial charge in [0.05, 0.1) is 11.9 Å². The zero-order chi connectivity index (χ0) is 15.4. The van der Waals surface area contributed by atoms with Gasteiger partial charge in [0, 0.05) is 31.2 Å². The van der Waals surface area contributed by atoms with Crippen molar-refractivity contribution < 1.29 is 9.59 Å². The van der Waals surface area contributed by atoms with Crippen LogP contribution >= 0.6 is 0 Å². The summed E-state index contributed by atoms with van der Waals surface area (Å²) in [6.45, 7) is 5.30. The quantitative estimate of drug-likeness (QED) is 0.831. The van der Waals surface area contributed by atoms with E-state index in [4.69, 9.17) is 5.73 Å². The molecule has 2 heterocycles. The lowest BCUT2D eigenvalue weighted by atomic mass is 10.0. The number of rotatable bonds is 4. The molecule has 7 heteroatoms. The van der Waals surface area contributed by atoms with E-state index in [9.17, 15) is 9.59 Å². The van der Waals surface area contributed by atoms with Crippen LogP contribution in [0.3, 0.4) is 0 Å². The Morgan fingerprint density at radius 1 is 1.43 bits per heavy atom. The molecule has 0 radical (unpaired) electrons. The van der Waals surface area contributed by atoms with Crippen molar-refractivity contribution in [2.24, 2.45) is 5.92 Å². The van der Waals surface area contributed by atoms with E-state index in [2.05, 4.69) is 10.4 Å². The predicted octanol–water partition coefficient (Wildman–Crippen LogP) is 0.229. The number of anilines is 1. The summed E-state index contributed by atoms with van der Waals surface area (Å²) in [5.41, 5.74) is 6.13. The van der Waals surface area contributed by atoms with Crippen molar-refractivity contribution in [2.75, 3.05) is 18.8 Å². The fourth-order valence-corrected chi connectivity index (χ4v) is 2.35. The van der Waals surface area contributed by atoms with Crippen LogP contribution in [0.25, 0.3) is 0 Å². The summed E-state index contributed by atoms with van der Waals surface area (Å²) in [7, 11) is 0. The number of nitrogens with two attached hydrogens (primary N) is 1. The highest BCUT2D eigenvalue weighted by Gasteiger charge is 2.24. The van der Waals surface area contributed by atoms with Gasteiger partial charge in [0.1, 0.15) is 6.54 Å². The Morgan fingerprint density at radius 3 is 2.62 bits per heavy atom. The van der Waals surface area contributed by atoms with Crippen LogP contribution < -0.4 is 11.1 Å². The van der Waals surface area contributed by atoms with Crippen LogP contribution in [0.5, 0.6) is 0 Å². The summed E-state index contributed by atoms with van der Waals surface area (Å²) < 4.78 is 1.55. The van der Waals surface area contributed by atoms with Crippen LogP contribution in [-0.4, -0.2) is 45.6 Å². The Kier molecular flexibility index (Phi) is 4.82. The average Bonchev–Trinajstić information content (AvgIpc) is 2.84. The molecular formula is C14H23N5O2. The van der Waals surface area contributed by atoms with E-state index in [1.807, 2.05) is 18.7 Å². The van der Waals surface area contributed by atoms with Crippen molar-refractivity contribution in [3.05, 3.63) is 12.4 Å². The molecule has 3 N–H and O–H groups in total. The first-order valence-corrected chi connectivity index (χ1v) is 7.32. The minimum atomic E-state index is -0.00469. The summed E-state index contributed by atoms with van der Waals surface area (Å²) in [6.07, 6.45) is 4.77. The van der Waals surface area contributed by atoms with Gasteiger partial charge in [0.15, 0.2) is 0 Å². The maximum absolute atomic E-state index is 12.2.